The molecule has 96 valence electrons. The van der Waals surface area contributed by atoms with Crippen LogP contribution >= 0.6 is 27.5 Å². The Morgan fingerprint density at radius 1 is 1.33 bits per heavy atom. The predicted octanol–water partition coefficient (Wildman–Crippen LogP) is 2.11. The molecular formula is C12H12BrClN2O2. The van der Waals surface area contributed by atoms with Crippen LogP contribution in [-0.4, -0.2) is 24.4 Å². The molecular weight excluding hydrogens is 320 g/mol. The normalized spacial score (nSPS) is 14.1. The van der Waals surface area contributed by atoms with Gasteiger partial charge in [-0.15, -0.1) is 0 Å². The molecule has 0 aromatic heterocycles. The topological polar surface area (TPSA) is 58.2 Å². The smallest absolute Gasteiger partial charge is 0.251 e. The van der Waals surface area contributed by atoms with E-state index in [1.165, 1.54) is 0 Å². The summed E-state index contributed by atoms with van der Waals surface area (Å²) in [6, 6.07) is 5.20. The van der Waals surface area contributed by atoms with E-state index < -0.39 is 0 Å². The molecule has 1 aromatic carbocycles. The lowest BCUT2D eigenvalue weighted by Crippen LogP contribution is -2.37. The van der Waals surface area contributed by atoms with Crippen LogP contribution in [0.5, 0.6) is 0 Å². The van der Waals surface area contributed by atoms with Crippen LogP contribution < -0.4 is 10.6 Å². The molecule has 0 saturated heterocycles. The maximum absolute atomic E-state index is 11.8. The number of carbonyl (C=O) groups excluding carboxylic acids is 2. The minimum Gasteiger partial charge on any atom is -0.352 e. The lowest BCUT2D eigenvalue weighted by molar-refractivity contribution is -0.120. The van der Waals surface area contributed by atoms with Crippen molar-refractivity contribution in [1.82, 2.24) is 10.6 Å². The summed E-state index contributed by atoms with van der Waals surface area (Å²) in [7, 11) is 0. The molecule has 1 aliphatic carbocycles. The molecule has 1 aliphatic rings. The summed E-state index contributed by atoms with van der Waals surface area (Å²) in [5.74, 6) is -0.476. The quantitative estimate of drug-likeness (QED) is 0.888. The van der Waals surface area contributed by atoms with Crippen LogP contribution in [0.2, 0.25) is 5.02 Å². The van der Waals surface area contributed by atoms with E-state index >= 15 is 0 Å². The molecule has 18 heavy (non-hydrogen) atoms. The summed E-state index contributed by atoms with van der Waals surface area (Å²) in [6.07, 6.45) is 2.06. The number of nitrogens with one attached hydrogen (secondary N) is 2. The molecule has 0 radical (unpaired) electrons. The monoisotopic (exact) mass is 330 g/mol. The SMILES string of the molecule is O=C(CNC(=O)c1cc(Cl)cc(Br)c1)NC1CC1. The highest BCUT2D eigenvalue weighted by atomic mass is 79.9. The van der Waals surface area contributed by atoms with Gasteiger partial charge >= 0.3 is 0 Å². The lowest BCUT2D eigenvalue weighted by Gasteiger charge is -2.06. The van der Waals surface area contributed by atoms with Crippen molar-refractivity contribution in [2.24, 2.45) is 0 Å². The zero-order valence-corrected chi connectivity index (χ0v) is 11.8. The standard InChI is InChI=1S/C12H12BrClN2O2/c13-8-3-7(4-9(14)5-8)12(18)15-6-11(17)16-10-1-2-10/h3-5,10H,1-2,6H2,(H,15,18)(H,16,17). The van der Waals surface area contributed by atoms with Crippen molar-refractivity contribution in [2.45, 2.75) is 18.9 Å². The molecule has 0 unspecified atom stereocenters. The highest BCUT2D eigenvalue weighted by molar-refractivity contribution is 9.10. The first-order valence-electron chi connectivity index (χ1n) is 5.58. The second-order valence-corrected chi connectivity index (χ2v) is 5.53. The number of rotatable bonds is 4. The van der Waals surface area contributed by atoms with Gasteiger partial charge in [-0.3, -0.25) is 9.59 Å². The fraction of sp³-hybridized carbons (Fsp3) is 0.333. The molecule has 0 spiro atoms. The number of benzene rings is 1. The highest BCUT2D eigenvalue weighted by Crippen LogP contribution is 2.19. The average Bonchev–Trinajstić information content (AvgIpc) is 3.08. The van der Waals surface area contributed by atoms with Crippen LogP contribution in [-0.2, 0) is 4.79 Å². The summed E-state index contributed by atoms with van der Waals surface area (Å²) >= 11 is 9.10. The van der Waals surface area contributed by atoms with Gasteiger partial charge in [0.25, 0.3) is 5.91 Å². The molecule has 2 amide bonds. The first kappa shape index (κ1) is 13.4. The molecule has 0 heterocycles. The fourth-order valence-corrected chi connectivity index (χ4v) is 2.31. The van der Waals surface area contributed by atoms with Gasteiger partial charge in [0.1, 0.15) is 0 Å². The molecule has 1 fully saturated rings. The number of carbonyl (C=O) groups is 2. The Bertz CT molecular complexity index is 469. The van der Waals surface area contributed by atoms with E-state index in [4.69, 9.17) is 11.6 Å². The zero-order chi connectivity index (χ0) is 13.1. The van der Waals surface area contributed by atoms with E-state index in [1.807, 2.05) is 0 Å². The highest BCUT2D eigenvalue weighted by Gasteiger charge is 2.23. The molecule has 1 saturated carbocycles. The van der Waals surface area contributed by atoms with Gasteiger partial charge in [-0.05, 0) is 31.0 Å². The maximum Gasteiger partial charge on any atom is 0.251 e. The van der Waals surface area contributed by atoms with Crippen LogP contribution in [0.15, 0.2) is 22.7 Å². The van der Waals surface area contributed by atoms with Crippen molar-refractivity contribution in [2.75, 3.05) is 6.54 Å². The van der Waals surface area contributed by atoms with Gasteiger partial charge in [0.2, 0.25) is 5.91 Å². The van der Waals surface area contributed by atoms with E-state index in [0.29, 0.717) is 16.6 Å². The largest absolute Gasteiger partial charge is 0.352 e. The Hall–Kier alpha value is -1.07. The maximum atomic E-state index is 11.8. The predicted molar refractivity (Wildman–Crippen MR) is 72.6 cm³/mol. The minimum absolute atomic E-state index is 0.0144. The van der Waals surface area contributed by atoms with Gasteiger partial charge in [0, 0.05) is 21.1 Å². The first-order chi connectivity index (χ1) is 8.54. The van der Waals surface area contributed by atoms with E-state index in [-0.39, 0.29) is 18.4 Å². The van der Waals surface area contributed by atoms with Gasteiger partial charge in [-0.25, -0.2) is 0 Å². The Kier molecular flexibility index (Phi) is 4.24. The molecule has 0 aliphatic heterocycles. The van der Waals surface area contributed by atoms with Gasteiger partial charge < -0.3 is 10.6 Å². The zero-order valence-electron chi connectivity index (χ0n) is 9.50. The summed E-state index contributed by atoms with van der Waals surface area (Å²) in [4.78, 5) is 23.2. The van der Waals surface area contributed by atoms with Crippen LogP contribution in [0.25, 0.3) is 0 Å². The Morgan fingerprint density at radius 2 is 2.06 bits per heavy atom. The number of halogens is 2. The van der Waals surface area contributed by atoms with Gasteiger partial charge in [0.05, 0.1) is 6.54 Å². The van der Waals surface area contributed by atoms with Crippen LogP contribution in [0.3, 0.4) is 0 Å². The fourth-order valence-electron chi connectivity index (χ4n) is 1.45. The Balaban J connectivity index is 1.88. The second kappa shape index (κ2) is 5.71. The van der Waals surface area contributed by atoms with Crippen molar-refractivity contribution < 1.29 is 9.59 Å². The summed E-state index contributed by atoms with van der Waals surface area (Å²) in [5, 5.41) is 5.82. The molecule has 0 atom stereocenters. The summed E-state index contributed by atoms with van der Waals surface area (Å²) < 4.78 is 0.725. The van der Waals surface area contributed by atoms with Crippen molar-refractivity contribution in [3.63, 3.8) is 0 Å². The van der Waals surface area contributed by atoms with Crippen molar-refractivity contribution >= 4 is 39.3 Å². The minimum atomic E-state index is -0.316. The van der Waals surface area contributed by atoms with Crippen molar-refractivity contribution in [3.05, 3.63) is 33.3 Å². The van der Waals surface area contributed by atoms with Crippen LogP contribution in [0.4, 0.5) is 0 Å². The average molecular weight is 332 g/mol. The lowest BCUT2D eigenvalue weighted by atomic mass is 10.2. The number of amides is 2. The Labute approximate surface area is 118 Å². The molecule has 1 aromatic rings. The van der Waals surface area contributed by atoms with E-state index in [9.17, 15) is 9.59 Å². The molecule has 2 rings (SSSR count). The third-order valence-electron chi connectivity index (χ3n) is 2.48. The summed E-state index contributed by atoms with van der Waals surface area (Å²) in [6.45, 7) is -0.0144. The van der Waals surface area contributed by atoms with E-state index in [1.54, 1.807) is 18.2 Å². The van der Waals surface area contributed by atoms with Gasteiger partial charge in [-0.1, -0.05) is 27.5 Å². The van der Waals surface area contributed by atoms with Crippen molar-refractivity contribution in [1.29, 1.82) is 0 Å². The van der Waals surface area contributed by atoms with Gasteiger partial charge in [0.15, 0.2) is 0 Å². The molecule has 6 heteroatoms. The van der Waals surface area contributed by atoms with Crippen LogP contribution in [0.1, 0.15) is 23.2 Å². The van der Waals surface area contributed by atoms with Gasteiger partial charge in [-0.2, -0.15) is 0 Å². The van der Waals surface area contributed by atoms with Crippen molar-refractivity contribution in [3.8, 4) is 0 Å². The third-order valence-corrected chi connectivity index (χ3v) is 3.15. The first-order valence-corrected chi connectivity index (χ1v) is 6.75. The third kappa shape index (κ3) is 3.99. The number of hydrogen-bond acceptors (Lipinski definition) is 2. The van der Waals surface area contributed by atoms with E-state index in [2.05, 4.69) is 26.6 Å². The summed E-state index contributed by atoms with van der Waals surface area (Å²) in [5.41, 5.74) is 0.425. The van der Waals surface area contributed by atoms with Crippen LogP contribution in [0, 0.1) is 0 Å². The Morgan fingerprint density at radius 3 is 2.67 bits per heavy atom. The second-order valence-electron chi connectivity index (χ2n) is 4.18. The van der Waals surface area contributed by atoms with E-state index in [0.717, 1.165) is 17.3 Å². The molecule has 4 nitrogen and oxygen atoms in total. The number of hydrogen-bond donors (Lipinski definition) is 2. The molecule has 0 bridgehead atoms. The molecule has 2 N–H and O–H groups in total.